The van der Waals surface area contributed by atoms with Gasteiger partial charge in [-0.25, -0.2) is 4.39 Å². The Morgan fingerprint density at radius 2 is 1.88 bits per heavy atom. The van der Waals surface area contributed by atoms with Crippen molar-refractivity contribution in [2.45, 2.75) is 25.3 Å². The van der Waals surface area contributed by atoms with Crippen molar-refractivity contribution in [3.63, 3.8) is 0 Å². The van der Waals surface area contributed by atoms with Crippen LogP contribution in [0.3, 0.4) is 0 Å². The van der Waals surface area contributed by atoms with Gasteiger partial charge in [-0.1, -0.05) is 48.5 Å². The van der Waals surface area contributed by atoms with Crippen LogP contribution in [0.4, 0.5) is 4.39 Å². The lowest BCUT2D eigenvalue weighted by molar-refractivity contribution is -0.136. The highest BCUT2D eigenvalue weighted by Gasteiger charge is 2.36. The topological polar surface area (TPSA) is 69.7 Å². The van der Waals surface area contributed by atoms with Crippen molar-refractivity contribution in [1.29, 1.82) is 0 Å². The van der Waals surface area contributed by atoms with Crippen LogP contribution in [-0.4, -0.2) is 59.7 Å². The first-order chi connectivity index (χ1) is 16.0. The molecule has 2 saturated heterocycles. The standard InChI is InChI=1S/C26H28FN3O3/c1-2-13-29-14-15-30(26(33)23-11-12-24(31)28-23)17-20(25(29)32)16-18-7-9-19(10-8-18)21-5-3-4-6-22(21)27/h2-10,20,23H,1,11-17H2,(H,28,31)/t20-,23+/m1/s1. The summed E-state index contributed by atoms with van der Waals surface area (Å²) in [5, 5.41) is 2.73. The van der Waals surface area contributed by atoms with Crippen LogP contribution in [0.25, 0.3) is 11.1 Å². The first-order valence-corrected chi connectivity index (χ1v) is 11.3. The molecule has 172 valence electrons. The van der Waals surface area contributed by atoms with Crippen LogP contribution in [0.5, 0.6) is 0 Å². The molecule has 0 unspecified atom stereocenters. The summed E-state index contributed by atoms with van der Waals surface area (Å²) in [6.07, 6.45) is 2.99. The largest absolute Gasteiger partial charge is 0.344 e. The molecule has 33 heavy (non-hydrogen) atoms. The Morgan fingerprint density at radius 3 is 2.55 bits per heavy atom. The van der Waals surface area contributed by atoms with E-state index in [-0.39, 0.29) is 23.5 Å². The molecule has 0 aromatic heterocycles. The molecule has 2 heterocycles. The first-order valence-electron chi connectivity index (χ1n) is 11.3. The minimum absolute atomic E-state index is 0.0150. The third kappa shape index (κ3) is 5.13. The van der Waals surface area contributed by atoms with Crippen molar-refractivity contribution in [3.05, 3.63) is 72.6 Å². The minimum atomic E-state index is -0.515. The Hall–Kier alpha value is -3.48. The number of nitrogens with zero attached hydrogens (tertiary/aromatic N) is 2. The van der Waals surface area contributed by atoms with E-state index in [0.29, 0.717) is 51.0 Å². The lowest BCUT2D eigenvalue weighted by atomic mass is 9.95. The maximum atomic E-state index is 14.1. The summed E-state index contributed by atoms with van der Waals surface area (Å²) >= 11 is 0. The Bertz CT molecular complexity index is 1050. The minimum Gasteiger partial charge on any atom is -0.344 e. The van der Waals surface area contributed by atoms with Crippen molar-refractivity contribution in [3.8, 4) is 11.1 Å². The molecular weight excluding hydrogens is 421 g/mol. The SMILES string of the molecule is C=CCN1CCN(C(=O)[C@@H]2CCC(=O)N2)C[C@@H](Cc2ccc(-c3ccccc3F)cc2)C1=O. The average molecular weight is 450 g/mol. The maximum absolute atomic E-state index is 14.1. The molecule has 2 aromatic carbocycles. The van der Waals surface area contributed by atoms with Gasteiger partial charge in [-0.2, -0.15) is 0 Å². The molecule has 3 amide bonds. The smallest absolute Gasteiger partial charge is 0.245 e. The van der Waals surface area contributed by atoms with Gasteiger partial charge in [0.05, 0.1) is 5.92 Å². The summed E-state index contributed by atoms with van der Waals surface area (Å²) in [7, 11) is 0. The molecule has 6 nitrogen and oxygen atoms in total. The molecule has 0 spiro atoms. The average Bonchev–Trinajstić information content (AvgIpc) is 3.20. The van der Waals surface area contributed by atoms with Crippen LogP contribution >= 0.6 is 0 Å². The highest BCUT2D eigenvalue weighted by Crippen LogP contribution is 2.25. The zero-order valence-corrected chi connectivity index (χ0v) is 18.5. The number of amides is 3. The van der Waals surface area contributed by atoms with E-state index in [0.717, 1.165) is 11.1 Å². The summed E-state index contributed by atoms with van der Waals surface area (Å²) < 4.78 is 14.1. The van der Waals surface area contributed by atoms with Crippen molar-refractivity contribution in [1.82, 2.24) is 15.1 Å². The van der Waals surface area contributed by atoms with Gasteiger partial charge in [-0.3, -0.25) is 14.4 Å². The Balaban J connectivity index is 1.52. The number of benzene rings is 2. The second-order valence-electron chi connectivity index (χ2n) is 8.59. The molecule has 7 heteroatoms. The van der Waals surface area contributed by atoms with Gasteiger partial charge in [0.2, 0.25) is 17.7 Å². The van der Waals surface area contributed by atoms with Crippen molar-refractivity contribution in [2.24, 2.45) is 5.92 Å². The van der Waals surface area contributed by atoms with Crippen LogP contribution < -0.4 is 5.32 Å². The third-order valence-corrected chi connectivity index (χ3v) is 6.32. The van der Waals surface area contributed by atoms with E-state index < -0.39 is 12.0 Å². The summed E-state index contributed by atoms with van der Waals surface area (Å²) in [4.78, 5) is 41.3. The van der Waals surface area contributed by atoms with E-state index in [1.54, 1.807) is 34.1 Å². The highest BCUT2D eigenvalue weighted by atomic mass is 19.1. The molecule has 2 fully saturated rings. The third-order valence-electron chi connectivity index (χ3n) is 6.32. The van der Waals surface area contributed by atoms with Crippen LogP contribution in [0.15, 0.2) is 61.2 Å². The van der Waals surface area contributed by atoms with Crippen molar-refractivity contribution >= 4 is 17.7 Å². The zero-order chi connectivity index (χ0) is 23.4. The lowest BCUT2D eigenvalue weighted by Crippen LogP contribution is -2.46. The van der Waals surface area contributed by atoms with E-state index in [1.807, 2.05) is 24.3 Å². The van der Waals surface area contributed by atoms with Crippen molar-refractivity contribution < 1.29 is 18.8 Å². The summed E-state index contributed by atoms with van der Waals surface area (Å²) in [6.45, 7) is 5.32. The number of hydrogen-bond donors (Lipinski definition) is 1. The fraction of sp³-hybridized carbons (Fsp3) is 0.346. The molecule has 0 radical (unpaired) electrons. The van der Waals surface area contributed by atoms with Gasteiger partial charge in [0.25, 0.3) is 0 Å². The second kappa shape index (κ2) is 9.98. The molecule has 2 aliphatic heterocycles. The van der Waals surface area contributed by atoms with Gasteiger partial charge in [0, 0.05) is 38.2 Å². The fourth-order valence-electron chi connectivity index (χ4n) is 4.55. The number of halogens is 1. The summed E-state index contributed by atoms with van der Waals surface area (Å²) in [6, 6.07) is 13.6. The Morgan fingerprint density at radius 1 is 1.12 bits per heavy atom. The molecule has 2 aromatic rings. The predicted molar refractivity (Wildman–Crippen MR) is 124 cm³/mol. The van der Waals surface area contributed by atoms with Gasteiger partial charge in [0.1, 0.15) is 11.9 Å². The number of rotatable bonds is 6. The molecule has 1 N–H and O–H groups in total. The van der Waals surface area contributed by atoms with Gasteiger partial charge in [-0.15, -0.1) is 6.58 Å². The lowest BCUT2D eigenvalue weighted by Gasteiger charge is -2.26. The van der Waals surface area contributed by atoms with E-state index in [9.17, 15) is 18.8 Å². The molecule has 2 aliphatic rings. The first kappa shape index (κ1) is 22.7. The van der Waals surface area contributed by atoms with Crippen LogP contribution in [-0.2, 0) is 20.8 Å². The monoisotopic (exact) mass is 449 g/mol. The molecule has 0 saturated carbocycles. The van der Waals surface area contributed by atoms with Crippen LogP contribution in [0, 0.1) is 11.7 Å². The van der Waals surface area contributed by atoms with E-state index in [2.05, 4.69) is 11.9 Å². The summed E-state index contributed by atoms with van der Waals surface area (Å²) in [5.74, 6) is -0.947. The van der Waals surface area contributed by atoms with Gasteiger partial charge in [0.15, 0.2) is 0 Å². The quantitative estimate of drug-likeness (QED) is 0.690. The van der Waals surface area contributed by atoms with E-state index in [1.165, 1.54) is 6.07 Å². The van der Waals surface area contributed by atoms with E-state index >= 15 is 0 Å². The molecule has 2 atom stereocenters. The Labute approximate surface area is 193 Å². The normalized spacial score (nSPS) is 21.0. The highest BCUT2D eigenvalue weighted by molar-refractivity contribution is 5.91. The molecule has 0 bridgehead atoms. The van der Waals surface area contributed by atoms with Gasteiger partial charge in [-0.05, 0) is 30.0 Å². The summed E-state index contributed by atoms with van der Waals surface area (Å²) in [5.41, 5.74) is 2.24. The second-order valence-corrected chi connectivity index (χ2v) is 8.59. The fourth-order valence-corrected chi connectivity index (χ4v) is 4.55. The van der Waals surface area contributed by atoms with Crippen molar-refractivity contribution in [2.75, 3.05) is 26.2 Å². The predicted octanol–water partition coefficient (Wildman–Crippen LogP) is 2.79. The molecular formula is C26H28FN3O3. The number of carbonyl (C=O) groups is 3. The maximum Gasteiger partial charge on any atom is 0.245 e. The molecule has 0 aliphatic carbocycles. The number of nitrogens with one attached hydrogen (secondary N) is 1. The van der Waals surface area contributed by atoms with Crippen LogP contribution in [0.2, 0.25) is 0 Å². The molecule has 4 rings (SSSR count). The van der Waals surface area contributed by atoms with E-state index in [4.69, 9.17) is 0 Å². The van der Waals surface area contributed by atoms with Gasteiger partial charge < -0.3 is 15.1 Å². The number of hydrogen-bond acceptors (Lipinski definition) is 3. The van der Waals surface area contributed by atoms with Crippen LogP contribution in [0.1, 0.15) is 18.4 Å². The van der Waals surface area contributed by atoms with Gasteiger partial charge >= 0.3 is 0 Å². The Kier molecular flexibility index (Phi) is 6.87. The zero-order valence-electron chi connectivity index (χ0n) is 18.5. The number of carbonyl (C=O) groups excluding carboxylic acids is 3.